The molecule has 1 fully saturated rings. The van der Waals surface area contributed by atoms with Crippen LogP contribution in [0.4, 0.5) is 10.1 Å². The summed E-state index contributed by atoms with van der Waals surface area (Å²) < 4.78 is 13.1. The van der Waals surface area contributed by atoms with Crippen LogP contribution in [0.1, 0.15) is 12.0 Å². The van der Waals surface area contributed by atoms with Gasteiger partial charge in [0.1, 0.15) is 5.82 Å². The van der Waals surface area contributed by atoms with Crippen molar-refractivity contribution in [3.8, 4) is 0 Å². The Morgan fingerprint density at radius 1 is 1.53 bits per heavy atom. The smallest absolute Gasteiger partial charge is 0.126 e. The van der Waals surface area contributed by atoms with Crippen LogP contribution >= 0.6 is 0 Å². The molecule has 0 aromatic heterocycles. The van der Waals surface area contributed by atoms with Gasteiger partial charge in [0.15, 0.2) is 0 Å². The highest BCUT2D eigenvalue weighted by molar-refractivity contribution is 5.49. The van der Waals surface area contributed by atoms with Crippen LogP contribution in [-0.4, -0.2) is 24.8 Å². The Bertz CT molecular complexity index is 353. The lowest BCUT2D eigenvalue weighted by Gasteiger charge is -2.19. The first-order valence-corrected chi connectivity index (χ1v) is 5.32. The van der Waals surface area contributed by atoms with Gasteiger partial charge in [-0.2, -0.15) is 0 Å². The van der Waals surface area contributed by atoms with E-state index in [1.54, 1.807) is 6.92 Å². The van der Waals surface area contributed by atoms with Crippen LogP contribution in [0.25, 0.3) is 0 Å². The summed E-state index contributed by atoms with van der Waals surface area (Å²) in [6, 6.07) is 5.19. The molecule has 3 heteroatoms. The molecule has 0 amide bonds. The summed E-state index contributed by atoms with van der Waals surface area (Å²) in [7, 11) is 0. The molecule has 0 saturated carbocycles. The molecule has 1 aromatic rings. The van der Waals surface area contributed by atoms with Crippen molar-refractivity contribution in [2.75, 3.05) is 24.6 Å². The fourth-order valence-electron chi connectivity index (χ4n) is 2.04. The number of hydrogen-bond acceptors (Lipinski definition) is 2. The summed E-state index contributed by atoms with van der Waals surface area (Å²) in [4.78, 5) is 2.20. The van der Waals surface area contributed by atoms with Gasteiger partial charge >= 0.3 is 0 Å². The number of benzene rings is 1. The third kappa shape index (κ3) is 2.12. The average Bonchev–Trinajstić information content (AvgIpc) is 2.70. The molecule has 15 heavy (non-hydrogen) atoms. The molecule has 1 heterocycles. The summed E-state index contributed by atoms with van der Waals surface area (Å²) >= 11 is 0. The molecule has 1 aromatic carbocycles. The van der Waals surface area contributed by atoms with E-state index in [2.05, 4.69) is 4.90 Å². The highest BCUT2D eigenvalue weighted by Crippen LogP contribution is 2.25. The maximum Gasteiger partial charge on any atom is 0.126 e. The monoisotopic (exact) mass is 209 g/mol. The quantitative estimate of drug-likeness (QED) is 0.804. The van der Waals surface area contributed by atoms with Crippen molar-refractivity contribution in [3.63, 3.8) is 0 Å². The average molecular weight is 209 g/mol. The van der Waals surface area contributed by atoms with Crippen LogP contribution in [0.5, 0.6) is 0 Å². The molecule has 1 unspecified atom stereocenters. The third-order valence-corrected chi connectivity index (χ3v) is 3.05. The number of hydrogen-bond donors (Lipinski definition) is 1. The lowest BCUT2D eigenvalue weighted by atomic mass is 10.1. The van der Waals surface area contributed by atoms with Crippen LogP contribution in [0, 0.1) is 18.7 Å². The summed E-state index contributed by atoms with van der Waals surface area (Å²) in [6.45, 7) is 3.85. The lowest BCUT2D eigenvalue weighted by molar-refractivity contribution is 0.238. The van der Waals surface area contributed by atoms with Crippen molar-refractivity contribution in [2.45, 2.75) is 13.3 Å². The molecule has 1 aliphatic heterocycles. The molecule has 2 nitrogen and oxygen atoms in total. The third-order valence-electron chi connectivity index (χ3n) is 3.05. The van der Waals surface area contributed by atoms with Gasteiger partial charge < -0.3 is 10.0 Å². The van der Waals surface area contributed by atoms with Gasteiger partial charge in [0.25, 0.3) is 0 Å². The highest BCUT2D eigenvalue weighted by atomic mass is 19.1. The first kappa shape index (κ1) is 10.4. The van der Waals surface area contributed by atoms with Crippen LogP contribution < -0.4 is 4.90 Å². The first-order valence-electron chi connectivity index (χ1n) is 5.32. The Labute approximate surface area is 89.3 Å². The molecule has 0 spiro atoms. The summed E-state index contributed by atoms with van der Waals surface area (Å²) in [5, 5.41) is 9.04. The van der Waals surface area contributed by atoms with Gasteiger partial charge in [-0.25, -0.2) is 4.39 Å². The second kappa shape index (κ2) is 4.19. The Balaban J connectivity index is 2.13. The highest BCUT2D eigenvalue weighted by Gasteiger charge is 2.21. The Morgan fingerprint density at radius 3 is 2.93 bits per heavy atom. The van der Waals surface area contributed by atoms with E-state index in [4.69, 9.17) is 5.11 Å². The zero-order valence-corrected chi connectivity index (χ0v) is 8.91. The molecule has 1 aliphatic rings. The SMILES string of the molecule is Cc1cc(N2CCC(CO)C2)ccc1F. The first-order chi connectivity index (χ1) is 7.20. The number of nitrogens with zero attached hydrogens (tertiary/aromatic N) is 1. The van der Waals surface area contributed by atoms with E-state index in [9.17, 15) is 4.39 Å². The molecule has 1 atom stereocenters. The Morgan fingerprint density at radius 2 is 2.33 bits per heavy atom. The predicted octanol–water partition coefficient (Wildman–Crippen LogP) is 1.95. The normalized spacial score (nSPS) is 21.0. The van der Waals surface area contributed by atoms with Crippen molar-refractivity contribution in [2.24, 2.45) is 5.92 Å². The zero-order valence-electron chi connectivity index (χ0n) is 8.91. The van der Waals surface area contributed by atoms with Crippen LogP contribution in [0.15, 0.2) is 18.2 Å². The largest absolute Gasteiger partial charge is 0.396 e. The van der Waals surface area contributed by atoms with Gasteiger partial charge in [-0.15, -0.1) is 0 Å². The molecule has 0 aliphatic carbocycles. The topological polar surface area (TPSA) is 23.5 Å². The molecule has 2 rings (SSSR count). The number of aryl methyl sites for hydroxylation is 1. The lowest BCUT2D eigenvalue weighted by Crippen LogP contribution is -2.20. The summed E-state index contributed by atoms with van der Waals surface area (Å²) in [6.07, 6.45) is 1.02. The van der Waals surface area contributed by atoms with Crippen molar-refractivity contribution < 1.29 is 9.50 Å². The number of aliphatic hydroxyl groups excluding tert-OH is 1. The van der Waals surface area contributed by atoms with Gasteiger partial charge in [0, 0.05) is 31.3 Å². The van der Waals surface area contributed by atoms with E-state index in [1.807, 2.05) is 12.1 Å². The molecule has 0 radical (unpaired) electrons. The number of aliphatic hydroxyl groups is 1. The zero-order chi connectivity index (χ0) is 10.8. The summed E-state index contributed by atoms with van der Waals surface area (Å²) in [5.41, 5.74) is 1.74. The minimum Gasteiger partial charge on any atom is -0.396 e. The molecular weight excluding hydrogens is 193 g/mol. The fourth-order valence-corrected chi connectivity index (χ4v) is 2.04. The fraction of sp³-hybridized carbons (Fsp3) is 0.500. The number of halogens is 1. The summed E-state index contributed by atoms with van der Waals surface area (Å²) in [5.74, 6) is 0.215. The Kier molecular flexibility index (Phi) is 2.91. The van der Waals surface area contributed by atoms with E-state index >= 15 is 0 Å². The Hall–Kier alpha value is -1.09. The van der Waals surface area contributed by atoms with E-state index in [-0.39, 0.29) is 12.4 Å². The van der Waals surface area contributed by atoms with Crippen LogP contribution in [0.2, 0.25) is 0 Å². The van der Waals surface area contributed by atoms with E-state index in [1.165, 1.54) is 6.07 Å². The van der Waals surface area contributed by atoms with Crippen LogP contribution in [0.3, 0.4) is 0 Å². The second-order valence-electron chi connectivity index (χ2n) is 4.22. The van der Waals surface area contributed by atoms with Gasteiger partial charge in [-0.05, 0) is 37.1 Å². The van der Waals surface area contributed by atoms with E-state index in [0.717, 1.165) is 25.2 Å². The maximum atomic E-state index is 13.1. The minimum absolute atomic E-state index is 0.156. The molecule has 82 valence electrons. The molecule has 1 N–H and O–H groups in total. The minimum atomic E-state index is -0.156. The molecular formula is C12H16FNO. The van der Waals surface area contributed by atoms with E-state index < -0.39 is 0 Å². The van der Waals surface area contributed by atoms with E-state index in [0.29, 0.717) is 11.5 Å². The number of anilines is 1. The van der Waals surface area contributed by atoms with Crippen molar-refractivity contribution >= 4 is 5.69 Å². The predicted molar refractivity (Wildman–Crippen MR) is 58.5 cm³/mol. The van der Waals surface area contributed by atoms with Gasteiger partial charge in [-0.3, -0.25) is 0 Å². The number of rotatable bonds is 2. The molecule has 0 bridgehead atoms. The standard InChI is InChI=1S/C12H16FNO/c1-9-6-11(2-3-12(9)13)14-5-4-10(7-14)8-15/h2-3,6,10,15H,4-5,7-8H2,1H3. The molecule has 1 saturated heterocycles. The van der Waals surface area contributed by atoms with Crippen molar-refractivity contribution in [1.29, 1.82) is 0 Å². The van der Waals surface area contributed by atoms with Crippen molar-refractivity contribution in [3.05, 3.63) is 29.6 Å². The van der Waals surface area contributed by atoms with Gasteiger partial charge in [0.05, 0.1) is 0 Å². The van der Waals surface area contributed by atoms with Crippen LogP contribution in [-0.2, 0) is 0 Å². The van der Waals surface area contributed by atoms with Crippen molar-refractivity contribution in [1.82, 2.24) is 0 Å². The van der Waals surface area contributed by atoms with Gasteiger partial charge in [-0.1, -0.05) is 0 Å². The second-order valence-corrected chi connectivity index (χ2v) is 4.22. The maximum absolute atomic E-state index is 13.1. The van der Waals surface area contributed by atoms with Gasteiger partial charge in [0.2, 0.25) is 0 Å².